The first-order chi connectivity index (χ1) is 14.4. The Balaban J connectivity index is 1.55. The van der Waals surface area contributed by atoms with Gasteiger partial charge in [-0.3, -0.25) is 4.79 Å². The zero-order valence-electron chi connectivity index (χ0n) is 18.5. The quantitative estimate of drug-likeness (QED) is 0.523. The van der Waals surface area contributed by atoms with Gasteiger partial charge in [0.25, 0.3) is 5.91 Å². The van der Waals surface area contributed by atoms with Crippen molar-refractivity contribution < 1.29 is 23.9 Å². The van der Waals surface area contributed by atoms with Crippen molar-refractivity contribution in [2.24, 2.45) is 0 Å². The standard InChI is InChI=1S/C22H35N3O5/c1-4-29-21(28)25-14-9-22(10-15-25)18(17(3)20(27)30-22)19(26)23-11-7-13-24-12-6-5-8-16(24)2/h16H,4-15H2,1-3H3,(H,23,26)/t16-/m1/s1. The number of hydrogen-bond acceptors (Lipinski definition) is 6. The number of likely N-dealkylation sites (tertiary alicyclic amines) is 2. The highest BCUT2D eigenvalue weighted by Gasteiger charge is 2.51. The fourth-order valence-corrected chi connectivity index (χ4v) is 4.81. The molecule has 8 nitrogen and oxygen atoms in total. The number of carbonyl (C=O) groups is 3. The Labute approximate surface area is 178 Å². The molecule has 2 fully saturated rings. The van der Waals surface area contributed by atoms with E-state index in [4.69, 9.17) is 9.47 Å². The van der Waals surface area contributed by atoms with Gasteiger partial charge in [0.05, 0.1) is 12.2 Å². The van der Waals surface area contributed by atoms with E-state index in [0.717, 1.165) is 19.5 Å². The first-order valence-electron chi connectivity index (χ1n) is 11.3. The van der Waals surface area contributed by atoms with Crippen LogP contribution in [0.5, 0.6) is 0 Å². The third-order valence-corrected chi connectivity index (χ3v) is 6.60. The van der Waals surface area contributed by atoms with E-state index in [1.165, 1.54) is 19.3 Å². The average Bonchev–Trinajstić information content (AvgIpc) is 2.96. The lowest BCUT2D eigenvalue weighted by Crippen LogP contribution is -2.50. The summed E-state index contributed by atoms with van der Waals surface area (Å²) in [5.41, 5.74) is -0.126. The average molecular weight is 422 g/mol. The van der Waals surface area contributed by atoms with Gasteiger partial charge in [-0.2, -0.15) is 0 Å². The van der Waals surface area contributed by atoms with Crippen LogP contribution >= 0.6 is 0 Å². The number of hydrogen-bond donors (Lipinski definition) is 1. The lowest BCUT2D eigenvalue weighted by atomic mass is 9.83. The first-order valence-corrected chi connectivity index (χ1v) is 11.3. The molecule has 168 valence electrons. The highest BCUT2D eigenvalue weighted by molar-refractivity contribution is 6.07. The summed E-state index contributed by atoms with van der Waals surface area (Å²) in [6.07, 6.45) is 5.10. The SMILES string of the molecule is CCOC(=O)N1CCC2(CC1)OC(=O)C(C)=C2C(=O)NCCCN1CCCC[C@H]1C. The molecule has 0 saturated carbocycles. The molecule has 0 unspecified atom stereocenters. The van der Waals surface area contributed by atoms with Gasteiger partial charge in [-0.15, -0.1) is 0 Å². The molecule has 0 aliphatic carbocycles. The van der Waals surface area contributed by atoms with E-state index in [0.29, 0.717) is 56.3 Å². The zero-order chi connectivity index (χ0) is 21.7. The van der Waals surface area contributed by atoms with Crippen molar-refractivity contribution in [3.8, 4) is 0 Å². The number of nitrogens with one attached hydrogen (secondary N) is 1. The van der Waals surface area contributed by atoms with Crippen LogP contribution < -0.4 is 5.32 Å². The molecular formula is C22H35N3O5. The molecule has 3 aliphatic heterocycles. The fraction of sp³-hybridized carbons (Fsp3) is 0.773. The van der Waals surface area contributed by atoms with Crippen molar-refractivity contribution in [2.75, 3.05) is 39.3 Å². The lowest BCUT2D eigenvalue weighted by molar-refractivity contribution is -0.150. The van der Waals surface area contributed by atoms with Gasteiger partial charge < -0.3 is 24.6 Å². The second kappa shape index (κ2) is 9.81. The number of amides is 2. The number of piperidine rings is 2. The summed E-state index contributed by atoms with van der Waals surface area (Å²) in [7, 11) is 0. The van der Waals surface area contributed by atoms with Gasteiger partial charge in [-0.1, -0.05) is 6.42 Å². The number of rotatable bonds is 6. The van der Waals surface area contributed by atoms with Crippen molar-refractivity contribution in [1.29, 1.82) is 0 Å². The van der Waals surface area contributed by atoms with Crippen LogP contribution in [0, 0.1) is 0 Å². The minimum absolute atomic E-state index is 0.227. The number of esters is 1. The maximum absolute atomic E-state index is 13.0. The molecule has 1 atom stereocenters. The first kappa shape index (κ1) is 22.6. The van der Waals surface area contributed by atoms with E-state index >= 15 is 0 Å². The predicted octanol–water partition coefficient (Wildman–Crippen LogP) is 2.23. The highest BCUT2D eigenvalue weighted by atomic mass is 16.6. The summed E-state index contributed by atoms with van der Waals surface area (Å²) in [4.78, 5) is 41.3. The van der Waals surface area contributed by atoms with Gasteiger partial charge in [0.15, 0.2) is 0 Å². The van der Waals surface area contributed by atoms with Crippen molar-refractivity contribution in [1.82, 2.24) is 15.1 Å². The maximum Gasteiger partial charge on any atom is 0.409 e. The van der Waals surface area contributed by atoms with E-state index in [2.05, 4.69) is 17.1 Å². The molecule has 0 aromatic heterocycles. The Kier molecular flexibility index (Phi) is 7.39. The molecule has 1 N–H and O–H groups in total. The molecule has 3 heterocycles. The van der Waals surface area contributed by atoms with Crippen molar-refractivity contribution in [3.63, 3.8) is 0 Å². The van der Waals surface area contributed by atoms with E-state index in [-0.39, 0.29) is 12.0 Å². The minimum Gasteiger partial charge on any atom is -0.450 e. The summed E-state index contributed by atoms with van der Waals surface area (Å²) in [5.74, 6) is -0.665. The van der Waals surface area contributed by atoms with Crippen LogP contribution in [0.15, 0.2) is 11.1 Å². The predicted molar refractivity (Wildman–Crippen MR) is 112 cm³/mol. The van der Waals surface area contributed by atoms with Crippen LogP contribution in [0.3, 0.4) is 0 Å². The van der Waals surface area contributed by atoms with Crippen LogP contribution in [-0.2, 0) is 19.1 Å². The smallest absolute Gasteiger partial charge is 0.409 e. The highest BCUT2D eigenvalue weighted by Crippen LogP contribution is 2.41. The Morgan fingerprint density at radius 2 is 1.97 bits per heavy atom. The monoisotopic (exact) mass is 421 g/mol. The summed E-state index contributed by atoms with van der Waals surface area (Å²) < 4.78 is 10.7. The van der Waals surface area contributed by atoms with Crippen LogP contribution in [0.25, 0.3) is 0 Å². The molecule has 2 saturated heterocycles. The number of carbonyl (C=O) groups excluding carboxylic acids is 3. The third kappa shape index (κ3) is 4.79. The maximum atomic E-state index is 13.0. The summed E-state index contributed by atoms with van der Waals surface area (Å²) in [6, 6.07) is 0.605. The van der Waals surface area contributed by atoms with Crippen LogP contribution in [-0.4, -0.2) is 78.7 Å². The Morgan fingerprint density at radius 3 is 2.63 bits per heavy atom. The molecule has 0 bridgehead atoms. The second-order valence-corrected chi connectivity index (χ2v) is 8.56. The molecule has 2 amide bonds. The number of ether oxygens (including phenoxy) is 2. The third-order valence-electron chi connectivity index (χ3n) is 6.60. The van der Waals surface area contributed by atoms with Gasteiger partial charge in [0.2, 0.25) is 0 Å². The van der Waals surface area contributed by atoms with Gasteiger partial charge >= 0.3 is 12.1 Å². The second-order valence-electron chi connectivity index (χ2n) is 8.56. The topological polar surface area (TPSA) is 88.2 Å². The summed E-state index contributed by atoms with van der Waals surface area (Å²) >= 11 is 0. The summed E-state index contributed by atoms with van der Waals surface area (Å²) in [5, 5.41) is 2.99. The molecule has 3 rings (SSSR count). The molecule has 0 aromatic carbocycles. The Morgan fingerprint density at radius 1 is 1.23 bits per heavy atom. The number of nitrogens with zero attached hydrogens (tertiary/aromatic N) is 2. The van der Waals surface area contributed by atoms with E-state index in [1.807, 2.05) is 0 Å². The van der Waals surface area contributed by atoms with Crippen molar-refractivity contribution in [3.05, 3.63) is 11.1 Å². The van der Waals surface area contributed by atoms with E-state index in [1.54, 1.807) is 18.7 Å². The van der Waals surface area contributed by atoms with Gasteiger partial charge in [-0.05, 0) is 46.6 Å². The molecule has 8 heteroatoms. The minimum atomic E-state index is -0.935. The van der Waals surface area contributed by atoms with Crippen LogP contribution in [0.1, 0.15) is 59.3 Å². The van der Waals surface area contributed by atoms with Crippen LogP contribution in [0.4, 0.5) is 4.79 Å². The van der Waals surface area contributed by atoms with Crippen LogP contribution in [0.2, 0.25) is 0 Å². The van der Waals surface area contributed by atoms with Crippen molar-refractivity contribution in [2.45, 2.75) is 70.9 Å². The van der Waals surface area contributed by atoms with E-state index < -0.39 is 11.6 Å². The molecule has 0 aromatic rings. The molecule has 1 spiro atoms. The largest absolute Gasteiger partial charge is 0.450 e. The Hall–Kier alpha value is -2.09. The van der Waals surface area contributed by atoms with E-state index in [9.17, 15) is 14.4 Å². The summed E-state index contributed by atoms with van der Waals surface area (Å²) in [6.45, 7) is 9.44. The fourth-order valence-electron chi connectivity index (χ4n) is 4.81. The molecule has 3 aliphatic rings. The normalized spacial score (nSPS) is 24.2. The lowest BCUT2D eigenvalue weighted by Gasteiger charge is -2.38. The van der Waals surface area contributed by atoms with Gasteiger partial charge in [0.1, 0.15) is 5.60 Å². The Bertz CT molecular complexity index is 697. The van der Waals surface area contributed by atoms with Gasteiger partial charge in [-0.25, -0.2) is 9.59 Å². The molecule has 0 radical (unpaired) electrons. The van der Waals surface area contributed by atoms with Gasteiger partial charge in [0, 0.05) is 50.6 Å². The molecule has 30 heavy (non-hydrogen) atoms. The van der Waals surface area contributed by atoms with Crippen molar-refractivity contribution >= 4 is 18.0 Å². The molecular weight excluding hydrogens is 386 g/mol. The zero-order valence-corrected chi connectivity index (χ0v) is 18.5.